The molecular weight excluding hydrogens is 219 g/mol. The lowest BCUT2D eigenvalue weighted by atomic mass is 10.1. The minimum Gasteiger partial charge on any atom is -0.387 e. The second-order valence-corrected chi connectivity index (χ2v) is 3.70. The van der Waals surface area contributed by atoms with Crippen molar-refractivity contribution in [2.24, 2.45) is 0 Å². The average Bonchev–Trinajstić information content (AvgIpc) is 2.58. The third-order valence-electron chi connectivity index (χ3n) is 2.42. The first kappa shape index (κ1) is 11.0. The number of nitrogens with one attached hydrogen (secondary N) is 1. The summed E-state index contributed by atoms with van der Waals surface area (Å²) in [5.74, 6) is 0. The highest BCUT2D eigenvalue weighted by Gasteiger charge is 2.30. The number of hydrogen-bond acceptors (Lipinski definition) is 1. The van der Waals surface area contributed by atoms with Crippen LogP contribution in [0.4, 0.5) is 13.2 Å². The van der Waals surface area contributed by atoms with E-state index in [2.05, 4.69) is 4.98 Å². The number of fused-ring (bicyclic) bond motifs is 1. The molecule has 0 amide bonds. The molecule has 0 fully saturated rings. The van der Waals surface area contributed by atoms with Crippen molar-refractivity contribution in [1.82, 2.24) is 4.98 Å². The van der Waals surface area contributed by atoms with Gasteiger partial charge in [0.05, 0.1) is 11.7 Å². The average molecular weight is 229 g/mol. The third-order valence-corrected chi connectivity index (χ3v) is 2.42. The van der Waals surface area contributed by atoms with E-state index in [4.69, 9.17) is 0 Å². The largest absolute Gasteiger partial charge is 0.416 e. The van der Waals surface area contributed by atoms with Gasteiger partial charge in [-0.05, 0) is 31.2 Å². The molecule has 2 aromatic rings. The van der Waals surface area contributed by atoms with Crippen LogP contribution in [0.1, 0.15) is 24.3 Å². The smallest absolute Gasteiger partial charge is 0.387 e. The van der Waals surface area contributed by atoms with E-state index in [1.54, 1.807) is 6.92 Å². The Morgan fingerprint density at radius 3 is 2.50 bits per heavy atom. The molecule has 0 aliphatic rings. The van der Waals surface area contributed by atoms with Crippen LogP contribution in [0.2, 0.25) is 0 Å². The van der Waals surface area contributed by atoms with E-state index in [0.717, 1.165) is 12.1 Å². The van der Waals surface area contributed by atoms with Crippen LogP contribution in [0.15, 0.2) is 24.3 Å². The zero-order valence-electron chi connectivity index (χ0n) is 8.47. The van der Waals surface area contributed by atoms with Gasteiger partial charge in [-0.25, -0.2) is 0 Å². The Bertz CT molecular complexity index is 513. The van der Waals surface area contributed by atoms with Crippen LogP contribution in [0.3, 0.4) is 0 Å². The summed E-state index contributed by atoms with van der Waals surface area (Å²) in [7, 11) is 0. The fraction of sp³-hybridized carbons (Fsp3) is 0.273. The Kier molecular flexibility index (Phi) is 2.42. The van der Waals surface area contributed by atoms with Gasteiger partial charge in [0.25, 0.3) is 0 Å². The lowest BCUT2D eigenvalue weighted by Crippen LogP contribution is -2.03. The zero-order valence-corrected chi connectivity index (χ0v) is 8.47. The maximum absolute atomic E-state index is 12.4. The predicted octanol–water partition coefficient (Wildman–Crippen LogP) is 3.24. The van der Waals surface area contributed by atoms with E-state index < -0.39 is 17.8 Å². The number of alkyl halides is 3. The number of aromatic nitrogens is 1. The van der Waals surface area contributed by atoms with Gasteiger partial charge < -0.3 is 10.1 Å². The molecule has 16 heavy (non-hydrogen) atoms. The van der Waals surface area contributed by atoms with Crippen LogP contribution in [-0.2, 0) is 6.18 Å². The molecule has 2 nitrogen and oxygen atoms in total. The second kappa shape index (κ2) is 3.52. The highest BCUT2D eigenvalue weighted by atomic mass is 19.4. The highest BCUT2D eigenvalue weighted by Crippen LogP contribution is 2.32. The molecule has 0 radical (unpaired) electrons. The summed E-state index contributed by atoms with van der Waals surface area (Å²) in [5.41, 5.74) is 0.411. The SMILES string of the molecule is CC(O)c1cc2cc(C(F)(F)F)ccc2[nH]1. The van der Waals surface area contributed by atoms with E-state index in [0.29, 0.717) is 16.6 Å². The summed E-state index contributed by atoms with van der Waals surface area (Å²) >= 11 is 0. The van der Waals surface area contributed by atoms with Crippen molar-refractivity contribution >= 4 is 10.9 Å². The van der Waals surface area contributed by atoms with Gasteiger partial charge >= 0.3 is 6.18 Å². The van der Waals surface area contributed by atoms with Crippen molar-refractivity contribution in [2.45, 2.75) is 19.2 Å². The Morgan fingerprint density at radius 1 is 1.25 bits per heavy atom. The molecule has 2 rings (SSSR count). The Morgan fingerprint density at radius 2 is 1.94 bits per heavy atom. The van der Waals surface area contributed by atoms with Gasteiger partial charge in [0.15, 0.2) is 0 Å². The molecule has 0 spiro atoms. The quantitative estimate of drug-likeness (QED) is 0.773. The van der Waals surface area contributed by atoms with E-state index in [-0.39, 0.29) is 0 Å². The van der Waals surface area contributed by atoms with Gasteiger partial charge in [0, 0.05) is 16.6 Å². The van der Waals surface area contributed by atoms with Gasteiger partial charge in [0.2, 0.25) is 0 Å². The van der Waals surface area contributed by atoms with Crippen LogP contribution in [0, 0.1) is 0 Å². The van der Waals surface area contributed by atoms with Crippen molar-refractivity contribution in [3.8, 4) is 0 Å². The topological polar surface area (TPSA) is 36.0 Å². The summed E-state index contributed by atoms with van der Waals surface area (Å²) in [6.45, 7) is 1.55. The molecule has 1 heterocycles. The molecular formula is C11H10F3NO. The summed E-state index contributed by atoms with van der Waals surface area (Å²) in [6.07, 6.45) is -5.06. The van der Waals surface area contributed by atoms with Crippen LogP contribution in [0.5, 0.6) is 0 Å². The Balaban J connectivity index is 2.54. The molecule has 0 bridgehead atoms. The fourth-order valence-electron chi connectivity index (χ4n) is 1.56. The van der Waals surface area contributed by atoms with Crippen molar-refractivity contribution in [1.29, 1.82) is 0 Å². The van der Waals surface area contributed by atoms with Gasteiger partial charge in [-0.3, -0.25) is 0 Å². The lowest BCUT2D eigenvalue weighted by Gasteiger charge is -2.05. The zero-order chi connectivity index (χ0) is 11.9. The van der Waals surface area contributed by atoms with Crippen LogP contribution < -0.4 is 0 Å². The van der Waals surface area contributed by atoms with Crippen molar-refractivity contribution < 1.29 is 18.3 Å². The number of aromatic amines is 1. The van der Waals surface area contributed by atoms with Gasteiger partial charge in [-0.2, -0.15) is 13.2 Å². The van der Waals surface area contributed by atoms with Crippen LogP contribution >= 0.6 is 0 Å². The van der Waals surface area contributed by atoms with Gasteiger partial charge in [0.1, 0.15) is 0 Å². The molecule has 0 saturated heterocycles. The number of aliphatic hydroxyl groups is 1. The summed E-state index contributed by atoms with van der Waals surface area (Å²) in [6, 6.07) is 4.97. The van der Waals surface area contributed by atoms with Crippen molar-refractivity contribution in [3.05, 3.63) is 35.5 Å². The first-order chi connectivity index (χ1) is 7.38. The maximum Gasteiger partial charge on any atom is 0.416 e. The summed E-state index contributed by atoms with van der Waals surface area (Å²) in [5, 5.41) is 9.75. The second-order valence-electron chi connectivity index (χ2n) is 3.70. The number of H-pyrrole nitrogens is 1. The third kappa shape index (κ3) is 1.90. The van der Waals surface area contributed by atoms with Gasteiger partial charge in [-0.15, -0.1) is 0 Å². The molecule has 1 unspecified atom stereocenters. The molecule has 2 N–H and O–H groups in total. The standard InChI is InChI=1S/C11H10F3NO/c1-6(16)10-5-7-4-8(11(12,13)14)2-3-9(7)15-10/h2-6,15-16H,1H3. The minimum absolute atomic E-state index is 0.450. The number of benzene rings is 1. The first-order valence-corrected chi connectivity index (χ1v) is 4.76. The van der Waals surface area contributed by atoms with Crippen molar-refractivity contribution in [2.75, 3.05) is 0 Å². The van der Waals surface area contributed by atoms with E-state index in [9.17, 15) is 18.3 Å². The molecule has 5 heteroatoms. The molecule has 0 saturated carbocycles. The lowest BCUT2D eigenvalue weighted by molar-refractivity contribution is -0.137. The number of aliphatic hydroxyl groups excluding tert-OH is 1. The maximum atomic E-state index is 12.4. The molecule has 0 aliphatic heterocycles. The first-order valence-electron chi connectivity index (χ1n) is 4.76. The van der Waals surface area contributed by atoms with Crippen LogP contribution in [0.25, 0.3) is 10.9 Å². The minimum atomic E-state index is -4.34. The molecule has 1 aromatic carbocycles. The van der Waals surface area contributed by atoms with E-state index in [1.807, 2.05) is 0 Å². The molecule has 86 valence electrons. The highest BCUT2D eigenvalue weighted by molar-refractivity contribution is 5.81. The Labute approximate surface area is 89.7 Å². The molecule has 1 aromatic heterocycles. The molecule has 0 aliphatic carbocycles. The summed E-state index contributed by atoms with van der Waals surface area (Å²) < 4.78 is 37.3. The fourth-order valence-corrected chi connectivity index (χ4v) is 1.56. The van der Waals surface area contributed by atoms with E-state index >= 15 is 0 Å². The number of halogens is 3. The Hall–Kier alpha value is -1.49. The number of rotatable bonds is 1. The monoisotopic (exact) mass is 229 g/mol. The predicted molar refractivity (Wildman–Crippen MR) is 53.9 cm³/mol. The van der Waals surface area contributed by atoms with Crippen molar-refractivity contribution in [3.63, 3.8) is 0 Å². The summed E-state index contributed by atoms with van der Waals surface area (Å²) in [4.78, 5) is 2.86. The van der Waals surface area contributed by atoms with E-state index in [1.165, 1.54) is 12.1 Å². The van der Waals surface area contributed by atoms with Crippen LogP contribution in [-0.4, -0.2) is 10.1 Å². The van der Waals surface area contributed by atoms with Gasteiger partial charge in [-0.1, -0.05) is 0 Å². The normalized spacial score (nSPS) is 14.3. The molecule has 1 atom stereocenters. The number of hydrogen-bond donors (Lipinski definition) is 2.